The van der Waals surface area contributed by atoms with Crippen molar-refractivity contribution in [2.75, 3.05) is 23.7 Å². The molecule has 1 heterocycles. The van der Waals surface area contributed by atoms with E-state index in [1.54, 1.807) is 24.4 Å². The standard InChI is InChI=1S/C17H22ClN3O3S/c1-12(2)8-9-19-14-5-7-17(20-11-14)21-25(22,23)16-10-13(18)4-6-15(16)24-3/h4-7,10-12,19H,8-9H2,1-3H3,(H,20,21). The Morgan fingerprint density at radius 2 is 2.00 bits per heavy atom. The van der Waals surface area contributed by atoms with E-state index in [1.807, 2.05) is 0 Å². The van der Waals surface area contributed by atoms with Gasteiger partial charge < -0.3 is 10.1 Å². The van der Waals surface area contributed by atoms with Crippen molar-refractivity contribution >= 4 is 33.1 Å². The van der Waals surface area contributed by atoms with Gasteiger partial charge >= 0.3 is 0 Å². The fourth-order valence-corrected chi connectivity index (χ4v) is 3.56. The summed E-state index contributed by atoms with van der Waals surface area (Å²) >= 11 is 5.90. The summed E-state index contributed by atoms with van der Waals surface area (Å²) in [6.07, 6.45) is 2.64. The summed E-state index contributed by atoms with van der Waals surface area (Å²) in [6.45, 7) is 5.15. The van der Waals surface area contributed by atoms with Crippen LogP contribution in [0.1, 0.15) is 20.3 Å². The predicted molar refractivity (Wildman–Crippen MR) is 101 cm³/mol. The molecule has 0 spiro atoms. The van der Waals surface area contributed by atoms with E-state index in [4.69, 9.17) is 16.3 Å². The van der Waals surface area contributed by atoms with Crippen LogP contribution < -0.4 is 14.8 Å². The van der Waals surface area contributed by atoms with Crippen LogP contribution in [0, 0.1) is 5.92 Å². The fourth-order valence-electron chi connectivity index (χ4n) is 2.12. The third-order valence-electron chi connectivity index (χ3n) is 3.47. The monoisotopic (exact) mass is 383 g/mol. The molecular weight excluding hydrogens is 362 g/mol. The average molecular weight is 384 g/mol. The van der Waals surface area contributed by atoms with Gasteiger partial charge in [-0.25, -0.2) is 13.4 Å². The molecule has 0 saturated carbocycles. The molecule has 0 aliphatic rings. The summed E-state index contributed by atoms with van der Waals surface area (Å²) < 4.78 is 32.7. The molecule has 2 rings (SSSR count). The lowest BCUT2D eigenvalue weighted by Crippen LogP contribution is -2.15. The molecule has 1 aromatic heterocycles. The zero-order chi connectivity index (χ0) is 18.4. The summed E-state index contributed by atoms with van der Waals surface area (Å²) in [5.41, 5.74) is 0.837. The Kier molecular flexibility index (Phi) is 6.50. The van der Waals surface area contributed by atoms with Gasteiger partial charge in [-0.05, 0) is 42.7 Å². The van der Waals surface area contributed by atoms with Crippen LogP contribution in [0.2, 0.25) is 5.02 Å². The quantitative estimate of drug-likeness (QED) is 0.720. The smallest absolute Gasteiger partial charge is 0.266 e. The SMILES string of the molecule is COc1ccc(Cl)cc1S(=O)(=O)Nc1ccc(NCCC(C)C)cn1. The lowest BCUT2D eigenvalue weighted by atomic mass is 10.1. The zero-order valence-corrected chi connectivity index (χ0v) is 16.0. The van der Waals surface area contributed by atoms with Crippen molar-refractivity contribution in [2.45, 2.75) is 25.2 Å². The number of anilines is 2. The van der Waals surface area contributed by atoms with E-state index in [0.29, 0.717) is 10.9 Å². The molecule has 25 heavy (non-hydrogen) atoms. The van der Waals surface area contributed by atoms with Gasteiger partial charge in [0.1, 0.15) is 16.5 Å². The minimum Gasteiger partial charge on any atom is -0.495 e. The molecule has 0 radical (unpaired) electrons. The van der Waals surface area contributed by atoms with Gasteiger partial charge in [0.15, 0.2) is 0 Å². The first-order valence-corrected chi connectivity index (χ1v) is 9.74. The molecule has 0 saturated heterocycles. The summed E-state index contributed by atoms with van der Waals surface area (Å²) in [7, 11) is -2.46. The third-order valence-corrected chi connectivity index (χ3v) is 5.08. The Balaban J connectivity index is 2.12. The van der Waals surface area contributed by atoms with Crippen molar-refractivity contribution in [3.63, 3.8) is 0 Å². The van der Waals surface area contributed by atoms with Gasteiger partial charge in [-0.1, -0.05) is 25.4 Å². The maximum Gasteiger partial charge on any atom is 0.266 e. The molecule has 0 unspecified atom stereocenters. The maximum absolute atomic E-state index is 12.6. The van der Waals surface area contributed by atoms with Gasteiger partial charge in [0.05, 0.1) is 19.0 Å². The molecule has 8 heteroatoms. The van der Waals surface area contributed by atoms with Crippen LogP contribution in [0.3, 0.4) is 0 Å². The first kappa shape index (κ1) is 19.3. The number of halogens is 1. The molecule has 0 aliphatic heterocycles. The Morgan fingerprint density at radius 3 is 2.60 bits per heavy atom. The van der Waals surface area contributed by atoms with Crippen LogP contribution in [-0.4, -0.2) is 27.1 Å². The lowest BCUT2D eigenvalue weighted by Gasteiger charge is -2.12. The molecule has 0 fully saturated rings. The summed E-state index contributed by atoms with van der Waals surface area (Å²) in [4.78, 5) is 4.10. The van der Waals surface area contributed by atoms with Crippen LogP contribution in [0.15, 0.2) is 41.4 Å². The summed E-state index contributed by atoms with van der Waals surface area (Å²) in [6, 6.07) is 7.79. The number of hydrogen-bond acceptors (Lipinski definition) is 5. The Morgan fingerprint density at radius 1 is 1.24 bits per heavy atom. The van der Waals surface area contributed by atoms with Crippen molar-refractivity contribution in [2.24, 2.45) is 5.92 Å². The topological polar surface area (TPSA) is 80.3 Å². The van der Waals surface area contributed by atoms with Gasteiger partial charge in [0.25, 0.3) is 10.0 Å². The molecule has 2 N–H and O–H groups in total. The molecule has 2 aromatic rings. The van der Waals surface area contributed by atoms with Crippen molar-refractivity contribution in [1.82, 2.24) is 4.98 Å². The average Bonchev–Trinajstić information content (AvgIpc) is 2.56. The second-order valence-corrected chi connectivity index (χ2v) is 8.03. The highest BCUT2D eigenvalue weighted by molar-refractivity contribution is 7.92. The van der Waals surface area contributed by atoms with Crippen LogP contribution in [0.25, 0.3) is 0 Å². The summed E-state index contributed by atoms with van der Waals surface area (Å²) in [5, 5.41) is 3.55. The first-order valence-electron chi connectivity index (χ1n) is 7.88. The van der Waals surface area contributed by atoms with Crippen LogP contribution in [-0.2, 0) is 10.0 Å². The number of ether oxygens (including phenoxy) is 1. The molecule has 0 amide bonds. The molecule has 0 bridgehead atoms. The third kappa shape index (κ3) is 5.51. The molecular formula is C17H22ClN3O3S. The van der Waals surface area contributed by atoms with Crippen LogP contribution in [0.5, 0.6) is 5.75 Å². The molecule has 136 valence electrons. The number of sulfonamides is 1. The highest BCUT2D eigenvalue weighted by Crippen LogP contribution is 2.28. The van der Waals surface area contributed by atoms with Crippen LogP contribution >= 0.6 is 11.6 Å². The van der Waals surface area contributed by atoms with E-state index in [0.717, 1.165) is 18.7 Å². The minimum absolute atomic E-state index is 0.0385. The lowest BCUT2D eigenvalue weighted by molar-refractivity contribution is 0.403. The van der Waals surface area contributed by atoms with Crippen molar-refractivity contribution in [3.8, 4) is 5.75 Å². The van der Waals surface area contributed by atoms with Gasteiger partial charge in [-0.3, -0.25) is 4.72 Å². The van der Waals surface area contributed by atoms with E-state index in [2.05, 4.69) is 28.9 Å². The van der Waals surface area contributed by atoms with Gasteiger partial charge in [0.2, 0.25) is 0 Å². The van der Waals surface area contributed by atoms with Gasteiger partial charge in [-0.15, -0.1) is 0 Å². The van der Waals surface area contributed by atoms with E-state index in [1.165, 1.54) is 19.2 Å². The molecule has 1 aromatic carbocycles. The maximum atomic E-state index is 12.6. The number of rotatable bonds is 8. The van der Waals surface area contributed by atoms with Crippen molar-refractivity contribution in [3.05, 3.63) is 41.6 Å². The first-order chi connectivity index (χ1) is 11.8. The molecule has 0 atom stereocenters. The number of nitrogens with zero attached hydrogens (tertiary/aromatic N) is 1. The van der Waals surface area contributed by atoms with Crippen molar-refractivity contribution in [1.29, 1.82) is 0 Å². The highest BCUT2D eigenvalue weighted by atomic mass is 35.5. The number of methoxy groups -OCH3 is 1. The molecule has 0 aliphatic carbocycles. The number of nitrogens with one attached hydrogen (secondary N) is 2. The Labute approximate surface area is 153 Å². The van der Waals surface area contributed by atoms with Crippen molar-refractivity contribution < 1.29 is 13.2 Å². The number of benzene rings is 1. The van der Waals surface area contributed by atoms with E-state index in [9.17, 15) is 8.42 Å². The van der Waals surface area contributed by atoms with Gasteiger partial charge in [-0.2, -0.15) is 0 Å². The minimum atomic E-state index is -3.86. The van der Waals surface area contributed by atoms with E-state index < -0.39 is 10.0 Å². The Hall–Kier alpha value is -1.99. The molecule has 6 nitrogen and oxygen atoms in total. The number of hydrogen-bond donors (Lipinski definition) is 2. The number of pyridine rings is 1. The predicted octanol–water partition coefficient (Wildman–Crippen LogP) is 4.00. The Bertz CT molecular complexity index is 808. The van der Waals surface area contributed by atoms with Crippen LogP contribution in [0.4, 0.5) is 11.5 Å². The highest BCUT2D eigenvalue weighted by Gasteiger charge is 2.20. The normalized spacial score (nSPS) is 11.4. The zero-order valence-electron chi connectivity index (χ0n) is 14.4. The second kappa shape index (κ2) is 8.40. The van der Waals surface area contributed by atoms with Gasteiger partial charge in [0, 0.05) is 11.6 Å². The second-order valence-electron chi connectivity index (χ2n) is 5.94. The van der Waals surface area contributed by atoms with E-state index in [-0.39, 0.29) is 16.5 Å². The summed E-state index contributed by atoms with van der Waals surface area (Å²) in [5.74, 6) is 1.04. The number of aromatic nitrogens is 1. The fraction of sp³-hybridized carbons (Fsp3) is 0.353. The van der Waals surface area contributed by atoms with E-state index >= 15 is 0 Å². The largest absolute Gasteiger partial charge is 0.495 e.